The number of hydrogen-bond acceptors (Lipinski definition) is 4. The molecule has 0 atom stereocenters. The summed E-state index contributed by atoms with van der Waals surface area (Å²) in [6.45, 7) is 2.48. The van der Waals surface area contributed by atoms with Gasteiger partial charge in [-0.3, -0.25) is 4.79 Å². The Morgan fingerprint density at radius 1 is 1.19 bits per heavy atom. The number of carbonyl (C=O) groups excluding carboxylic acids is 1. The lowest BCUT2D eigenvalue weighted by Gasteiger charge is -2.07. The van der Waals surface area contributed by atoms with Crippen LogP contribution in [0, 0.1) is 5.82 Å². The lowest BCUT2D eigenvalue weighted by Crippen LogP contribution is -2.04. The molecule has 1 rings (SSSR count). The number of rotatable bonds is 9. The third-order valence-electron chi connectivity index (χ3n) is 2.72. The first-order valence-corrected chi connectivity index (χ1v) is 6.85. The van der Waals surface area contributed by atoms with Gasteiger partial charge in [0.25, 0.3) is 0 Å². The van der Waals surface area contributed by atoms with E-state index in [-0.39, 0.29) is 17.3 Å². The van der Waals surface area contributed by atoms with Gasteiger partial charge in [-0.25, -0.2) is 9.18 Å². The van der Waals surface area contributed by atoms with Crippen molar-refractivity contribution in [3.05, 3.63) is 29.6 Å². The summed E-state index contributed by atoms with van der Waals surface area (Å²) in [5, 5.41) is 8.80. The Labute approximate surface area is 122 Å². The number of carboxylic acids is 1. The Hall–Kier alpha value is -2.11. The molecule has 0 spiro atoms. The van der Waals surface area contributed by atoms with Crippen LogP contribution in [0.4, 0.5) is 4.39 Å². The summed E-state index contributed by atoms with van der Waals surface area (Å²) in [6, 6.07) is 3.36. The van der Waals surface area contributed by atoms with E-state index in [2.05, 4.69) is 0 Å². The van der Waals surface area contributed by atoms with Gasteiger partial charge in [-0.2, -0.15) is 0 Å². The van der Waals surface area contributed by atoms with E-state index in [4.69, 9.17) is 14.6 Å². The van der Waals surface area contributed by atoms with E-state index in [1.54, 1.807) is 6.92 Å². The van der Waals surface area contributed by atoms with E-state index in [9.17, 15) is 14.0 Å². The van der Waals surface area contributed by atoms with Crippen molar-refractivity contribution in [1.82, 2.24) is 0 Å². The summed E-state index contributed by atoms with van der Waals surface area (Å²) in [6.07, 6.45) is 2.54. The van der Waals surface area contributed by atoms with Gasteiger partial charge < -0.3 is 14.6 Å². The molecule has 0 aliphatic carbocycles. The van der Waals surface area contributed by atoms with Crippen LogP contribution < -0.4 is 4.74 Å². The fourth-order valence-electron chi connectivity index (χ4n) is 1.74. The molecule has 1 aromatic rings. The summed E-state index contributed by atoms with van der Waals surface area (Å²) in [4.78, 5) is 21.9. The fraction of sp³-hybridized carbons (Fsp3) is 0.467. The van der Waals surface area contributed by atoms with Gasteiger partial charge in [0.2, 0.25) is 0 Å². The molecule has 0 unspecified atom stereocenters. The normalized spacial score (nSPS) is 10.2. The lowest BCUT2D eigenvalue weighted by atomic mass is 10.2. The molecule has 0 fully saturated rings. The van der Waals surface area contributed by atoms with Crippen molar-refractivity contribution in [1.29, 1.82) is 0 Å². The monoisotopic (exact) mass is 298 g/mol. The molecule has 1 aromatic carbocycles. The van der Waals surface area contributed by atoms with E-state index in [1.807, 2.05) is 0 Å². The van der Waals surface area contributed by atoms with Crippen LogP contribution in [0.5, 0.6) is 5.75 Å². The standard InChI is InChI=1S/C15H19FO5/c1-2-20-14(17)6-4-3-5-7-21-13-9-11(15(18)19)8-12(16)10-13/h8-10H,2-7H2,1H3,(H,18,19). The van der Waals surface area contributed by atoms with Gasteiger partial charge in [-0.15, -0.1) is 0 Å². The van der Waals surface area contributed by atoms with Crippen LogP contribution in [0.25, 0.3) is 0 Å². The van der Waals surface area contributed by atoms with Crippen LogP contribution in [-0.4, -0.2) is 30.3 Å². The average Bonchev–Trinajstić information content (AvgIpc) is 2.42. The Balaban J connectivity index is 2.27. The molecule has 5 nitrogen and oxygen atoms in total. The molecule has 0 radical (unpaired) electrons. The average molecular weight is 298 g/mol. The number of ether oxygens (including phenoxy) is 2. The Bertz CT molecular complexity index is 487. The Kier molecular flexibility index (Phi) is 7.21. The van der Waals surface area contributed by atoms with Crippen LogP contribution >= 0.6 is 0 Å². The van der Waals surface area contributed by atoms with Gasteiger partial charge in [0.05, 0.1) is 18.8 Å². The first-order chi connectivity index (χ1) is 10.0. The summed E-state index contributed by atoms with van der Waals surface area (Å²) in [5.74, 6) is -1.87. The van der Waals surface area contributed by atoms with Crippen molar-refractivity contribution in [2.45, 2.75) is 32.6 Å². The van der Waals surface area contributed by atoms with Gasteiger partial charge in [0.1, 0.15) is 11.6 Å². The zero-order chi connectivity index (χ0) is 15.7. The molecule has 0 aliphatic rings. The highest BCUT2D eigenvalue weighted by molar-refractivity contribution is 5.88. The zero-order valence-corrected chi connectivity index (χ0v) is 11.9. The molecule has 0 aromatic heterocycles. The third-order valence-corrected chi connectivity index (χ3v) is 2.72. The van der Waals surface area contributed by atoms with Crippen molar-refractivity contribution < 1.29 is 28.6 Å². The summed E-state index contributed by atoms with van der Waals surface area (Å²) < 4.78 is 23.3. The molecule has 0 amide bonds. The number of carbonyl (C=O) groups is 2. The number of carboxylic acid groups (broad SMARTS) is 1. The maximum Gasteiger partial charge on any atom is 0.335 e. The van der Waals surface area contributed by atoms with E-state index in [0.29, 0.717) is 32.5 Å². The second-order valence-corrected chi connectivity index (χ2v) is 4.44. The van der Waals surface area contributed by atoms with Crippen LogP contribution in [0.3, 0.4) is 0 Å². The first-order valence-electron chi connectivity index (χ1n) is 6.85. The number of aromatic carboxylic acids is 1. The molecule has 0 heterocycles. The Morgan fingerprint density at radius 2 is 1.95 bits per heavy atom. The molecule has 0 saturated heterocycles. The van der Waals surface area contributed by atoms with Crippen LogP contribution in [0.2, 0.25) is 0 Å². The highest BCUT2D eigenvalue weighted by Gasteiger charge is 2.08. The van der Waals surface area contributed by atoms with Crippen LogP contribution in [-0.2, 0) is 9.53 Å². The molecule has 0 bridgehead atoms. The quantitative estimate of drug-likeness (QED) is 0.560. The van der Waals surface area contributed by atoms with Gasteiger partial charge in [0.15, 0.2) is 0 Å². The lowest BCUT2D eigenvalue weighted by molar-refractivity contribution is -0.143. The van der Waals surface area contributed by atoms with Gasteiger partial charge >= 0.3 is 11.9 Å². The molecule has 116 valence electrons. The number of unbranched alkanes of at least 4 members (excludes halogenated alkanes) is 2. The van der Waals surface area contributed by atoms with Gasteiger partial charge in [-0.05, 0) is 38.3 Å². The summed E-state index contributed by atoms with van der Waals surface area (Å²) in [7, 11) is 0. The van der Waals surface area contributed by atoms with E-state index >= 15 is 0 Å². The van der Waals surface area contributed by atoms with Gasteiger partial charge in [0, 0.05) is 12.5 Å². The molecular formula is C15H19FO5. The summed E-state index contributed by atoms with van der Waals surface area (Å²) >= 11 is 0. The van der Waals surface area contributed by atoms with Gasteiger partial charge in [-0.1, -0.05) is 0 Å². The number of halogens is 1. The van der Waals surface area contributed by atoms with Crippen molar-refractivity contribution in [3.8, 4) is 5.75 Å². The second kappa shape index (κ2) is 8.94. The van der Waals surface area contributed by atoms with E-state index < -0.39 is 11.8 Å². The fourth-order valence-corrected chi connectivity index (χ4v) is 1.74. The minimum atomic E-state index is -1.20. The maximum atomic E-state index is 13.2. The van der Waals surface area contributed by atoms with E-state index in [1.165, 1.54) is 6.07 Å². The molecule has 0 saturated carbocycles. The minimum absolute atomic E-state index is 0.146. The van der Waals surface area contributed by atoms with Crippen LogP contribution in [0.15, 0.2) is 18.2 Å². The predicted molar refractivity (Wildman–Crippen MR) is 74.0 cm³/mol. The highest BCUT2D eigenvalue weighted by atomic mass is 19.1. The molecule has 21 heavy (non-hydrogen) atoms. The minimum Gasteiger partial charge on any atom is -0.493 e. The number of esters is 1. The molecule has 6 heteroatoms. The molecule has 1 N–H and O–H groups in total. The zero-order valence-electron chi connectivity index (χ0n) is 11.9. The van der Waals surface area contributed by atoms with E-state index in [0.717, 1.165) is 18.6 Å². The predicted octanol–water partition coefficient (Wildman–Crippen LogP) is 3.03. The topological polar surface area (TPSA) is 72.8 Å². The summed E-state index contributed by atoms with van der Waals surface area (Å²) in [5.41, 5.74) is -0.146. The Morgan fingerprint density at radius 3 is 2.62 bits per heavy atom. The SMILES string of the molecule is CCOC(=O)CCCCCOc1cc(F)cc(C(=O)O)c1. The second-order valence-electron chi connectivity index (χ2n) is 4.44. The third kappa shape index (κ3) is 6.74. The van der Waals surface area contributed by atoms with Crippen molar-refractivity contribution in [2.75, 3.05) is 13.2 Å². The smallest absolute Gasteiger partial charge is 0.335 e. The first kappa shape index (κ1) is 16.9. The number of hydrogen-bond donors (Lipinski definition) is 1. The maximum absolute atomic E-state index is 13.2. The number of benzene rings is 1. The highest BCUT2D eigenvalue weighted by Crippen LogP contribution is 2.17. The van der Waals surface area contributed by atoms with Crippen molar-refractivity contribution in [3.63, 3.8) is 0 Å². The largest absolute Gasteiger partial charge is 0.493 e. The molecular weight excluding hydrogens is 279 g/mol. The van der Waals surface area contributed by atoms with Crippen molar-refractivity contribution >= 4 is 11.9 Å². The molecule has 0 aliphatic heterocycles. The van der Waals surface area contributed by atoms with Crippen LogP contribution in [0.1, 0.15) is 43.0 Å². The van der Waals surface area contributed by atoms with Crippen molar-refractivity contribution in [2.24, 2.45) is 0 Å².